The van der Waals surface area contributed by atoms with Crippen molar-refractivity contribution in [2.45, 2.75) is 91.1 Å². The second-order valence-electron chi connectivity index (χ2n) is 6.22. The molecule has 3 heteroatoms. The van der Waals surface area contributed by atoms with E-state index in [1.54, 1.807) is 0 Å². The normalized spacial score (nSPS) is 13.3. The molecule has 0 aliphatic carbocycles. The van der Waals surface area contributed by atoms with E-state index in [4.69, 9.17) is 10.5 Å². The zero-order chi connectivity index (χ0) is 14.7. The molecule has 1 atom stereocenters. The summed E-state index contributed by atoms with van der Waals surface area (Å²) in [6.07, 6.45) is 10.6. The second-order valence-corrected chi connectivity index (χ2v) is 6.22. The van der Waals surface area contributed by atoms with Crippen LogP contribution in [0.15, 0.2) is 0 Å². The molecule has 0 aliphatic rings. The third-order valence-corrected chi connectivity index (χ3v) is 3.70. The van der Waals surface area contributed by atoms with Crippen LogP contribution in [-0.2, 0) is 4.74 Å². The number of unbranched alkanes of at least 4 members (excludes halogenated alkanes) is 5. The first-order valence-corrected chi connectivity index (χ1v) is 7.89. The molecule has 0 heterocycles. The van der Waals surface area contributed by atoms with E-state index >= 15 is 0 Å². The third kappa shape index (κ3) is 10.8. The van der Waals surface area contributed by atoms with Crippen LogP contribution in [-0.4, -0.2) is 11.7 Å². The maximum atomic E-state index is 10.8. The minimum Gasteiger partial charge on any atom is -0.444 e. The molecule has 0 saturated heterocycles. The summed E-state index contributed by atoms with van der Waals surface area (Å²) in [5, 5.41) is 0. The summed E-state index contributed by atoms with van der Waals surface area (Å²) in [5.41, 5.74) is 4.67. The van der Waals surface area contributed by atoms with Crippen molar-refractivity contribution in [3.8, 4) is 0 Å². The Balaban J connectivity index is 3.84. The second kappa shape index (κ2) is 10.1. The van der Waals surface area contributed by atoms with Gasteiger partial charge in [-0.15, -0.1) is 0 Å². The predicted octanol–water partition coefficient (Wildman–Crippen LogP) is 5.03. The van der Waals surface area contributed by atoms with E-state index in [9.17, 15) is 4.79 Å². The summed E-state index contributed by atoms with van der Waals surface area (Å²) in [7, 11) is 0. The fraction of sp³-hybridized carbons (Fsp3) is 0.938. The SMILES string of the molecule is CCCCCCCCC(CC)CC(C)(C)OC(N)=O. The molecular formula is C16H33NO2. The number of carbonyl (C=O) groups excluding carboxylic acids is 1. The summed E-state index contributed by atoms with van der Waals surface area (Å²) in [6.45, 7) is 8.35. The van der Waals surface area contributed by atoms with Crippen LogP contribution in [0.4, 0.5) is 4.79 Å². The molecule has 0 saturated carbocycles. The molecule has 0 spiro atoms. The van der Waals surface area contributed by atoms with E-state index in [1.165, 1.54) is 44.9 Å². The highest BCUT2D eigenvalue weighted by Gasteiger charge is 2.25. The molecule has 1 unspecified atom stereocenters. The molecule has 0 fully saturated rings. The van der Waals surface area contributed by atoms with Crippen LogP contribution in [0.3, 0.4) is 0 Å². The quantitative estimate of drug-likeness (QED) is 0.536. The van der Waals surface area contributed by atoms with E-state index in [0.717, 1.165) is 12.8 Å². The van der Waals surface area contributed by atoms with Gasteiger partial charge in [-0.1, -0.05) is 65.2 Å². The Morgan fingerprint density at radius 1 is 1.11 bits per heavy atom. The largest absolute Gasteiger partial charge is 0.444 e. The molecule has 2 N–H and O–H groups in total. The van der Waals surface area contributed by atoms with Gasteiger partial charge in [-0.3, -0.25) is 0 Å². The zero-order valence-electron chi connectivity index (χ0n) is 13.3. The molecule has 0 radical (unpaired) electrons. The van der Waals surface area contributed by atoms with E-state index in [1.807, 2.05) is 13.8 Å². The van der Waals surface area contributed by atoms with Gasteiger partial charge in [-0.2, -0.15) is 0 Å². The van der Waals surface area contributed by atoms with Gasteiger partial charge in [0.1, 0.15) is 5.60 Å². The van der Waals surface area contributed by atoms with Crippen LogP contribution in [0.2, 0.25) is 0 Å². The van der Waals surface area contributed by atoms with Gasteiger partial charge < -0.3 is 10.5 Å². The van der Waals surface area contributed by atoms with Crippen LogP contribution in [0.5, 0.6) is 0 Å². The lowest BCUT2D eigenvalue weighted by molar-refractivity contribution is 0.0247. The van der Waals surface area contributed by atoms with Crippen molar-refractivity contribution in [3.63, 3.8) is 0 Å². The van der Waals surface area contributed by atoms with Gasteiger partial charge in [0, 0.05) is 0 Å². The van der Waals surface area contributed by atoms with Gasteiger partial charge in [0.25, 0.3) is 0 Å². The Morgan fingerprint density at radius 3 is 2.21 bits per heavy atom. The molecular weight excluding hydrogens is 238 g/mol. The zero-order valence-corrected chi connectivity index (χ0v) is 13.3. The molecule has 0 aliphatic heterocycles. The summed E-state index contributed by atoms with van der Waals surface area (Å²) >= 11 is 0. The van der Waals surface area contributed by atoms with Crippen molar-refractivity contribution in [2.75, 3.05) is 0 Å². The molecule has 0 rings (SSSR count). The highest BCUT2D eigenvalue weighted by atomic mass is 16.6. The smallest absolute Gasteiger partial charge is 0.405 e. The Kier molecular flexibility index (Phi) is 9.72. The van der Waals surface area contributed by atoms with Crippen molar-refractivity contribution in [1.29, 1.82) is 0 Å². The molecule has 0 bridgehead atoms. The van der Waals surface area contributed by atoms with E-state index in [-0.39, 0.29) is 0 Å². The molecule has 19 heavy (non-hydrogen) atoms. The Bertz CT molecular complexity index is 239. The number of nitrogens with two attached hydrogens (primary N) is 1. The van der Waals surface area contributed by atoms with E-state index < -0.39 is 11.7 Å². The molecule has 0 aromatic rings. The lowest BCUT2D eigenvalue weighted by Gasteiger charge is -2.28. The number of hydrogen-bond acceptors (Lipinski definition) is 2. The number of primary amides is 1. The fourth-order valence-corrected chi connectivity index (χ4v) is 2.67. The third-order valence-electron chi connectivity index (χ3n) is 3.70. The van der Waals surface area contributed by atoms with Gasteiger partial charge in [-0.25, -0.2) is 4.79 Å². The highest BCUT2D eigenvalue weighted by Crippen LogP contribution is 2.27. The Labute approximate surface area is 119 Å². The van der Waals surface area contributed by atoms with Crippen molar-refractivity contribution in [3.05, 3.63) is 0 Å². The number of ether oxygens (including phenoxy) is 1. The first-order chi connectivity index (χ1) is 8.91. The Morgan fingerprint density at radius 2 is 1.68 bits per heavy atom. The summed E-state index contributed by atoms with van der Waals surface area (Å²) in [4.78, 5) is 10.8. The number of rotatable bonds is 11. The minimum absolute atomic E-state index is 0.436. The molecule has 114 valence electrons. The van der Waals surface area contributed by atoms with Gasteiger partial charge in [0.15, 0.2) is 0 Å². The minimum atomic E-state index is -0.667. The van der Waals surface area contributed by atoms with Gasteiger partial charge in [0.05, 0.1) is 0 Å². The summed E-state index contributed by atoms with van der Waals surface area (Å²) in [6, 6.07) is 0. The Hall–Kier alpha value is -0.730. The van der Waals surface area contributed by atoms with Crippen LogP contribution in [0.1, 0.15) is 85.5 Å². The predicted molar refractivity (Wildman–Crippen MR) is 81.1 cm³/mol. The van der Waals surface area contributed by atoms with Crippen molar-refractivity contribution < 1.29 is 9.53 Å². The number of carbonyl (C=O) groups is 1. The monoisotopic (exact) mass is 271 g/mol. The number of amides is 1. The average molecular weight is 271 g/mol. The van der Waals surface area contributed by atoms with Gasteiger partial charge in [-0.05, 0) is 26.2 Å². The first kappa shape index (κ1) is 18.3. The van der Waals surface area contributed by atoms with Gasteiger partial charge >= 0.3 is 6.09 Å². The molecule has 0 aromatic heterocycles. The molecule has 3 nitrogen and oxygen atoms in total. The lowest BCUT2D eigenvalue weighted by Crippen LogP contribution is -2.33. The van der Waals surface area contributed by atoms with Crippen molar-refractivity contribution >= 4 is 6.09 Å². The maximum absolute atomic E-state index is 10.8. The van der Waals surface area contributed by atoms with Crippen LogP contribution >= 0.6 is 0 Å². The molecule has 0 aromatic carbocycles. The van der Waals surface area contributed by atoms with Crippen LogP contribution in [0, 0.1) is 5.92 Å². The lowest BCUT2D eigenvalue weighted by atomic mass is 9.87. The number of hydrogen-bond donors (Lipinski definition) is 1. The maximum Gasteiger partial charge on any atom is 0.405 e. The van der Waals surface area contributed by atoms with Gasteiger partial charge in [0.2, 0.25) is 0 Å². The van der Waals surface area contributed by atoms with E-state index in [2.05, 4.69) is 13.8 Å². The van der Waals surface area contributed by atoms with Crippen molar-refractivity contribution in [2.24, 2.45) is 11.7 Å². The summed E-state index contributed by atoms with van der Waals surface area (Å²) < 4.78 is 5.17. The van der Waals surface area contributed by atoms with E-state index in [0.29, 0.717) is 5.92 Å². The molecule has 1 amide bonds. The summed E-state index contributed by atoms with van der Waals surface area (Å²) in [5.74, 6) is 0.625. The van der Waals surface area contributed by atoms with Crippen molar-refractivity contribution in [1.82, 2.24) is 0 Å². The van der Waals surface area contributed by atoms with Crippen LogP contribution in [0.25, 0.3) is 0 Å². The van der Waals surface area contributed by atoms with Crippen LogP contribution < -0.4 is 5.73 Å². The standard InChI is InChI=1S/C16H33NO2/c1-5-7-8-9-10-11-12-14(6-2)13-16(3,4)19-15(17)18/h14H,5-13H2,1-4H3,(H2,17,18). The first-order valence-electron chi connectivity index (χ1n) is 7.89. The average Bonchev–Trinajstić information content (AvgIpc) is 2.30. The fourth-order valence-electron chi connectivity index (χ4n) is 2.67. The topological polar surface area (TPSA) is 52.3 Å². The highest BCUT2D eigenvalue weighted by molar-refractivity contribution is 5.65.